The van der Waals surface area contributed by atoms with E-state index in [-0.39, 0.29) is 0 Å². The van der Waals surface area contributed by atoms with E-state index >= 15 is 0 Å². The molecule has 0 spiro atoms. The van der Waals surface area contributed by atoms with Gasteiger partial charge in [-0.3, -0.25) is 4.98 Å². The number of fused-ring (bicyclic) bond motifs is 6. The van der Waals surface area contributed by atoms with Crippen LogP contribution in [-0.2, 0) is 0 Å². The first-order valence-corrected chi connectivity index (χ1v) is 13.6. The van der Waals surface area contributed by atoms with Crippen molar-refractivity contribution in [3.05, 3.63) is 134 Å². The summed E-state index contributed by atoms with van der Waals surface area (Å²) in [7, 11) is 0. The molecule has 8 aromatic rings. The molecule has 0 atom stereocenters. The van der Waals surface area contributed by atoms with Crippen molar-refractivity contribution >= 4 is 53.3 Å². The Bertz CT molecular complexity index is 2080. The van der Waals surface area contributed by atoms with Crippen molar-refractivity contribution < 1.29 is 0 Å². The summed E-state index contributed by atoms with van der Waals surface area (Å²) in [5.74, 6) is 0. The summed E-state index contributed by atoms with van der Waals surface area (Å²) in [6.45, 7) is 0. The maximum Gasteiger partial charge on any atom is 0.0702 e. The predicted molar refractivity (Wildman–Crippen MR) is 162 cm³/mol. The van der Waals surface area contributed by atoms with Crippen LogP contribution in [0, 0.1) is 0 Å². The lowest BCUT2D eigenvalue weighted by molar-refractivity contribution is 1.19. The highest BCUT2D eigenvalue weighted by molar-refractivity contribution is 7.26. The van der Waals surface area contributed by atoms with Gasteiger partial charge in [0.2, 0.25) is 0 Å². The van der Waals surface area contributed by atoms with Gasteiger partial charge >= 0.3 is 0 Å². The number of para-hydroxylation sites is 2. The van der Waals surface area contributed by atoms with Gasteiger partial charge in [0, 0.05) is 48.3 Å². The molecular weight excluding hydrogens is 480 g/mol. The molecule has 8 rings (SSSR count). The smallest absolute Gasteiger partial charge is 0.0702 e. The van der Waals surface area contributed by atoms with Crippen molar-refractivity contribution in [2.75, 3.05) is 0 Å². The van der Waals surface area contributed by atoms with Crippen LogP contribution in [0.3, 0.4) is 0 Å². The van der Waals surface area contributed by atoms with Crippen molar-refractivity contribution in [2.45, 2.75) is 0 Å². The molecule has 0 saturated heterocycles. The van der Waals surface area contributed by atoms with Gasteiger partial charge in [0.1, 0.15) is 0 Å². The van der Waals surface area contributed by atoms with Crippen molar-refractivity contribution in [1.29, 1.82) is 0 Å². The second-order valence-corrected chi connectivity index (χ2v) is 10.7. The lowest BCUT2D eigenvalue weighted by atomic mass is 9.97. The molecule has 5 aromatic carbocycles. The van der Waals surface area contributed by atoms with Gasteiger partial charge in [0.15, 0.2) is 0 Å². The lowest BCUT2D eigenvalue weighted by Gasteiger charge is -2.16. The Hall–Kier alpha value is -4.73. The van der Waals surface area contributed by atoms with E-state index in [1.807, 2.05) is 29.7 Å². The molecule has 2 nitrogen and oxygen atoms in total. The number of aromatic nitrogens is 2. The normalized spacial score (nSPS) is 11.7. The van der Waals surface area contributed by atoms with E-state index < -0.39 is 0 Å². The van der Waals surface area contributed by atoms with Gasteiger partial charge in [-0.1, -0.05) is 84.9 Å². The SMILES string of the molecule is c1ccc(-c2cccc(-c3c(-n4c5ccccc5c5ccccc54)ccc4c3sc3ccccc34)c2)nc1. The first-order chi connectivity index (χ1) is 18.9. The predicted octanol–water partition coefficient (Wildman–Crippen LogP) is 9.88. The summed E-state index contributed by atoms with van der Waals surface area (Å²) in [6.07, 6.45) is 1.86. The molecule has 0 aliphatic carbocycles. The first kappa shape index (κ1) is 21.4. The molecule has 0 amide bonds. The van der Waals surface area contributed by atoms with Crippen LogP contribution in [0.1, 0.15) is 0 Å². The maximum absolute atomic E-state index is 4.63. The van der Waals surface area contributed by atoms with Crippen molar-refractivity contribution in [1.82, 2.24) is 9.55 Å². The Kier molecular flexibility index (Phi) is 4.73. The van der Waals surface area contributed by atoms with Crippen molar-refractivity contribution in [2.24, 2.45) is 0 Å². The molecule has 178 valence electrons. The highest BCUT2D eigenvalue weighted by Gasteiger charge is 2.20. The Morgan fingerprint density at radius 2 is 1.21 bits per heavy atom. The van der Waals surface area contributed by atoms with E-state index in [0.29, 0.717) is 0 Å². The zero-order valence-corrected chi connectivity index (χ0v) is 21.3. The van der Waals surface area contributed by atoms with Crippen molar-refractivity contribution in [3.8, 4) is 28.1 Å². The molecule has 0 unspecified atom stereocenters. The quantitative estimate of drug-likeness (QED) is 0.235. The number of rotatable bonds is 3. The fraction of sp³-hybridized carbons (Fsp3) is 0. The number of hydrogen-bond acceptors (Lipinski definition) is 2. The molecule has 0 bridgehead atoms. The van der Waals surface area contributed by atoms with Gasteiger partial charge in [-0.05, 0) is 48.0 Å². The van der Waals surface area contributed by atoms with Gasteiger partial charge in [-0.25, -0.2) is 0 Å². The summed E-state index contributed by atoms with van der Waals surface area (Å²) in [6, 6.07) is 45.7. The molecular formula is C35H22N2S. The topological polar surface area (TPSA) is 17.8 Å². The van der Waals surface area contributed by atoms with E-state index in [9.17, 15) is 0 Å². The summed E-state index contributed by atoms with van der Waals surface area (Å²) in [4.78, 5) is 4.63. The van der Waals surface area contributed by atoms with Crippen LogP contribution in [0.2, 0.25) is 0 Å². The highest BCUT2D eigenvalue weighted by Crippen LogP contribution is 2.45. The molecule has 3 heteroatoms. The Labute approximate surface area is 224 Å². The molecule has 3 aromatic heterocycles. The van der Waals surface area contributed by atoms with Gasteiger partial charge < -0.3 is 4.57 Å². The van der Waals surface area contributed by atoms with Gasteiger partial charge in [0.25, 0.3) is 0 Å². The maximum atomic E-state index is 4.63. The lowest BCUT2D eigenvalue weighted by Crippen LogP contribution is -1.97. The number of pyridine rings is 1. The molecule has 38 heavy (non-hydrogen) atoms. The Morgan fingerprint density at radius 1 is 0.526 bits per heavy atom. The minimum atomic E-state index is 0.983. The van der Waals surface area contributed by atoms with Crippen LogP contribution in [0.5, 0.6) is 0 Å². The van der Waals surface area contributed by atoms with E-state index in [4.69, 9.17) is 0 Å². The second-order valence-electron chi connectivity index (χ2n) is 9.60. The van der Waals surface area contributed by atoms with E-state index in [0.717, 1.165) is 11.3 Å². The molecule has 0 aliphatic rings. The third kappa shape index (κ3) is 3.16. The van der Waals surface area contributed by atoms with Crippen molar-refractivity contribution in [3.63, 3.8) is 0 Å². The van der Waals surface area contributed by atoms with Gasteiger partial charge in [-0.15, -0.1) is 11.3 Å². The fourth-order valence-corrected chi connectivity index (χ4v) is 7.06. The van der Waals surface area contributed by atoms with Crippen LogP contribution < -0.4 is 0 Å². The third-order valence-corrected chi connectivity index (χ3v) is 8.66. The molecule has 0 aliphatic heterocycles. The third-order valence-electron chi connectivity index (χ3n) is 7.46. The zero-order valence-electron chi connectivity index (χ0n) is 20.5. The summed E-state index contributed by atoms with van der Waals surface area (Å²) in [5.41, 5.74) is 8.19. The fourth-order valence-electron chi connectivity index (χ4n) is 5.79. The summed E-state index contributed by atoms with van der Waals surface area (Å²) in [5, 5.41) is 5.15. The molecule has 0 fully saturated rings. The monoisotopic (exact) mass is 502 g/mol. The van der Waals surface area contributed by atoms with Crippen LogP contribution in [0.25, 0.3) is 70.0 Å². The van der Waals surface area contributed by atoms with Crippen LogP contribution >= 0.6 is 11.3 Å². The van der Waals surface area contributed by atoms with Crippen LogP contribution in [0.15, 0.2) is 134 Å². The Balaban J connectivity index is 1.52. The number of thiophene rings is 1. The molecule has 0 saturated carbocycles. The summed E-state index contributed by atoms with van der Waals surface area (Å²) >= 11 is 1.88. The average molecular weight is 503 g/mol. The van der Waals surface area contributed by atoms with Crippen LogP contribution in [0.4, 0.5) is 0 Å². The first-order valence-electron chi connectivity index (χ1n) is 12.8. The average Bonchev–Trinajstić information content (AvgIpc) is 3.53. The molecule has 3 heterocycles. The number of hydrogen-bond donors (Lipinski definition) is 0. The minimum absolute atomic E-state index is 0.983. The largest absolute Gasteiger partial charge is 0.309 e. The number of benzene rings is 5. The van der Waals surface area contributed by atoms with E-state index in [2.05, 4.69) is 125 Å². The summed E-state index contributed by atoms with van der Waals surface area (Å²) < 4.78 is 5.06. The van der Waals surface area contributed by atoms with E-state index in [1.165, 1.54) is 58.8 Å². The Morgan fingerprint density at radius 3 is 1.97 bits per heavy atom. The minimum Gasteiger partial charge on any atom is -0.309 e. The standard InChI is InChI=1S/C35H22N2S/c1-4-16-30-25(12-1)26-13-2-5-17-31(26)37(30)32-20-19-28-27-14-3-6-18-33(27)38-35(28)34(32)24-11-9-10-23(22-24)29-15-7-8-21-36-29/h1-22H. The zero-order chi connectivity index (χ0) is 25.1. The molecule has 0 N–H and O–H groups in total. The van der Waals surface area contributed by atoms with E-state index in [1.54, 1.807) is 0 Å². The second kappa shape index (κ2) is 8.41. The van der Waals surface area contributed by atoms with Crippen LogP contribution in [-0.4, -0.2) is 9.55 Å². The van der Waals surface area contributed by atoms with Gasteiger partial charge in [0.05, 0.1) is 22.4 Å². The molecule has 0 radical (unpaired) electrons. The number of nitrogens with zero attached hydrogens (tertiary/aromatic N) is 2. The highest BCUT2D eigenvalue weighted by atomic mass is 32.1. The van der Waals surface area contributed by atoms with Gasteiger partial charge in [-0.2, -0.15) is 0 Å².